The van der Waals surface area contributed by atoms with Crippen LogP contribution in [0.5, 0.6) is 0 Å². The van der Waals surface area contributed by atoms with Gasteiger partial charge in [0, 0.05) is 37.2 Å². The molecule has 0 spiro atoms. The second kappa shape index (κ2) is 8.56. The molecular weight excluding hydrogens is 420 g/mol. The Kier molecular flexibility index (Phi) is 5.84. The molecule has 0 radical (unpaired) electrons. The van der Waals surface area contributed by atoms with Gasteiger partial charge in [0.25, 0.3) is 5.56 Å². The molecule has 0 aromatic carbocycles. The van der Waals surface area contributed by atoms with Crippen molar-refractivity contribution in [1.82, 2.24) is 18.7 Å². The molecule has 4 rings (SSSR count). The van der Waals surface area contributed by atoms with E-state index in [-0.39, 0.29) is 30.2 Å². The molecule has 9 nitrogen and oxygen atoms in total. The third-order valence-electron chi connectivity index (χ3n) is 5.35. The van der Waals surface area contributed by atoms with Gasteiger partial charge in [0.15, 0.2) is 0 Å². The number of pyridine rings is 2. The Morgan fingerprint density at radius 1 is 1.19 bits per heavy atom. The monoisotopic (exact) mass is 442 g/mol. The average molecular weight is 442 g/mol. The van der Waals surface area contributed by atoms with Gasteiger partial charge in [0.05, 0.1) is 11.6 Å². The highest BCUT2D eigenvalue weighted by molar-refractivity contribution is 7.89. The van der Waals surface area contributed by atoms with Gasteiger partial charge in [-0.1, -0.05) is 6.07 Å². The molecule has 1 saturated heterocycles. The van der Waals surface area contributed by atoms with E-state index >= 15 is 0 Å². The topological polar surface area (TPSA) is 111 Å². The number of hydrogen-bond acceptors (Lipinski definition) is 7. The Labute approximate surface area is 179 Å². The summed E-state index contributed by atoms with van der Waals surface area (Å²) in [5.41, 5.74) is 1.41. The molecule has 0 unspecified atom stereocenters. The van der Waals surface area contributed by atoms with Crippen LogP contribution < -0.4 is 5.56 Å². The molecule has 1 fully saturated rings. The fourth-order valence-electron chi connectivity index (χ4n) is 3.68. The van der Waals surface area contributed by atoms with Crippen LogP contribution in [0.25, 0.3) is 5.65 Å². The van der Waals surface area contributed by atoms with Crippen LogP contribution in [0.3, 0.4) is 0 Å². The number of fused-ring (bicyclic) bond motifs is 1. The number of ether oxygens (including phenoxy) is 1. The Morgan fingerprint density at radius 3 is 2.68 bits per heavy atom. The highest BCUT2D eigenvalue weighted by Gasteiger charge is 2.33. The highest BCUT2D eigenvalue weighted by atomic mass is 32.2. The van der Waals surface area contributed by atoms with E-state index in [1.54, 1.807) is 18.2 Å². The van der Waals surface area contributed by atoms with Crippen molar-refractivity contribution in [2.24, 2.45) is 5.92 Å². The van der Waals surface area contributed by atoms with Gasteiger partial charge in [0.2, 0.25) is 10.0 Å². The van der Waals surface area contributed by atoms with Crippen molar-refractivity contribution in [2.45, 2.75) is 31.3 Å². The van der Waals surface area contributed by atoms with Crippen molar-refractivity contribution in [3.05, 3.63) is 70.5 Å². The Hall–Kier alpha value is -3.11. The van der Waals surface area contributed by atoms with Crippen molar-refractivity contribution >= 4 is 21.6 Å². The maximum Gasteiger partial charge on any atom is 0.309 e. The van der Waals surface area contributed by atoms with Crippen LogP contribution in [0.1, 0.15) is 24.2 Å². The smallest absolute Gasteiger partial charge is 0.309 e. The zero-order chi connectivity index (χ0) is 22.0. The number of sulfonamides is 1. The van der Waals surface area contributed by atoms with Crippen LogP contribution in [-0.4, -0.2) is 46.2 Å². The molecule has 10 heteroatoms. The van der Waals surface area contributed by atoms with Gasteiger partial charge in [0.1, 0.15) is 17.1 Å². The first-order valence-corrected chi connectivity index (χ1v) is 11.4. The highest BCUT2D eigenvalue weighted by Crippen LogP contribution is 2.24. The molecule has 0 aliphatic carbocycles. The number of aromatic nitrogens is 3. The molecule has 4 heterocycles. The first kappa shape index (κ1) is 21.1. The second-order valence-corrected chi connectivity index (χ2v) is 9.36. The number of nitrogens with zero attached hydrogens (tertiary/aromatic N) is 4. The minimum absolute atomic E-state index is 0.104. The molecule has 0 atom stereocenters. The fraction of sp³-hybridized carbons (Fsp3) is 0.333. The van der Waals surface area contributed by atoms with Crippen molar-refractivity contribution < 1.29 is 17.9 Å². The maximum atomic E-state index is 12.7. The standard InChI is InChI=1S/C21H22N4O5S/c1-15-4-2-6-19-23-17(12-20(26)25(15)19)14-30-21(27)16-7-10-24(11-8-16)31(28,29)18-5-3-9-22-13-18/h2-6,9,12-13,16H,7-8,10-11,14H2,1H3. The van der Waals surface area contributed by atoms with E-state index in [9.17, 15) is 18.0 Å². The summed E-state index contributed by atoms with van der Waals surface area (Å²) in [4.78, 5) is 33.2. The first-order valence-electron chi connectivity index (χ1n) is 9.91. The maximum absolute atomic E-state index is 12.7. The lowest BCUT2D eigenvalue weighted by molar-refractivity contribution is -0.151. The first-order chi connectivity index (χ1) is 14.9. The van der Waals surface area contributed by atoms with Crippen LogP contribution >= 0.6 is 0 Å². The number of rotatable bonds is 5. The van der Waals surface area contributed by atoms with Gasteiger partial charge < -0.3 is 4.74 Å². The van der Waals surface area contributed by atoms with Crippen molar-refractivity contribution in [1.29, 1.82) is 0 Å². The number of carbonyl (C=O) groups excluding carboxylic acids is 1. The molecule has 3 aromatic rings. The van der Waals surface area contributed by atoms with Crippen molar-refractivity contribution in [2.75, 3.05) is 13.1 Å². The lowest BCUT2D eigenvalue weighted by Crippen LogP contribution is -2.40. The van der Waals surface area contributed by atoms with E-state index in [0.29, 0.717) is 24.2 Å². The summed E-state index contributed by atoms with van der Waals surface area (Å²) in [5, 5.41) is 0. The second-order valence-electron chi connectivity index (χ2n) is 7.42. The molecule has 162 valence electrons. The van der Waals surface area contributed by atoms with E-state index < -0.39 is 21.9 Å². The molecule has 31 heavy (non-hydrogen) atoms. The van der Waals surface area contributed by atoms with Gasteiger partial charge in [-0.2, -0.15) is 4.31 Å². The Morgan fingerprint density at radius 2 is 1.97 bits per heavy atom. The van der Waals surface area contributed by atoms with Gasteiger partial charge in [-0.05, 0) is 44.0 Å². The zero-order valence-corrected chi connectivity index (χ0v) is 17.8. The minimum Gasteiger partial charge on any atom is -0.459 e. The SMILES string of the molecule is Cc1cccc2nc(COC(=O)C3CCN(S(=O)(=O)c4cccnc4)CC3)cc(=O)n12. The van der Waals surface area contributed by atoms with Crippen molar-refractivity contribution in [3.63, 3.8) is 0 Å². The van der Waals surface area contributed by atoms with Gasteiger partial charge in [-0.3, -0.25) is 19.0 Å². The number of hydrogen-bond donors (Lipinski definition) is 0. The molecule has 3 aromatic heterocycles. The lowest BCUT2D eigenvalue weighted by atomic mass is 9.98. The summed E-state index contributed by atoms with van der Waals surface area (Å²) in [5.74, 6) is -0.811. The van der Waals surface area contributed by atoms with Crippen LogP contribution in [0.15, 0.2) is 58.5 Å². The lowest BCUT2D eigenvalue weighted by Gasteiger charge is -2.30. The van der Waals surface area contributed by atoms with Gasteiger partial charge >= 0.3 is 5.97 Å². The minimum atomic E-state index is -3.62. The van der Waals surface area contributed by atoms with Crippen LogP contribution in [0.2, 0.25) is 0 Å². The predicted octanol–water partition coefficient (Wildman–Crippen LogP) is 1.54. The normalized spacial score (nSPS) is 15.8. The summed E-state index contributed by atoms with van der Waals surface area (Å²) in [6.45, 7) is 2.17. The Balaban J connectivity index is 1.37. The Bertz CT molecular complexity index is 1270. The molecule has 1 aliphatic rings. The quantitative estimate of drug-likeness (QED) is 0.551. The molecule has 0 saturated carbocycles. The van der Waals surface area contributed by atoms with Crippen LogP contribution in [-0.2, 0) is 26.2 Å². The summed E-state index contributed by atoms with van der Waals surface area (Å²) >= 11 is 0. The third-order valence-corrected chi connectivity index (χ3v) is 7.24. The number of esters is 1. The van der Waals surface area contributed by atoms with Gasteiger partial charge in [-0.25, -0.2) is 13.4 Å². The molecule has 0 amide bonds. The zero-order valence-electron chi connectivity index (χ0n) is 17.0. The molecule has 1 aliphatic heterocycles. The van der Waals surface area contributed by atoms with E-state index in [1.807, 2.05) is 13.0 Å². The van der Waals surface area contributed by atoms with Gasteiger partial charge in [-0.15, -0.1) is 0 Å². The summed E-state index contributed by atoms with van der Waals surface area (Å²) in [7, 11) is -3.62. The van der Waals surface area contributed by atoms with Crippen molar-refractivity contribution in [3.8, 4) is 0 Å². The number of aryl methyl sites for hydroxylation is 1. The van der Waals surface area contributed by atoms with E-state index in [1.165, 1.54) is 33.2 Å². The number of carbonyl (C=O) groups is 1. The molecule has 0 N–H and O–H groups in total. The molecule has 0 bridgehead atoms. The molecular formula is C21H22N4O5S. The van der Waals surface area contributed by atoms with Crippen LogP contribution in [0.4, 0.5) is 0 Å². The average Bonchev–Trinajstić information content (AvgIpc) is 2.78. The van der Waals surface area contributed by atoms with E-state index in [4.69, 9.17) is 4.74 Å². The summed E-state index contributed by atoms with van der Waals surface area (Å²) < 4.78 is 33.6. The largest absolute Gasteiger partial charge is 0.459 e. The summed E-state index contributed by atoms with van der Waals surface area (Å²) in [6, 6.07) is 9.78. The van der Waals surface area contributed by atoms with E-state index in [2.05, 4.69) is 9.97 Å². The fourth-order valence-corrected chi connectivity index (χ4v) is 5.12. The number of piperidine rings is 1. The third kappa shape index (κ3) is 4.35. The van der Waals surface area contributed by atoms with Crippen LogP contribution in [0, 0.1) is 12.8 Å². The predicted molar refractivity (Wildman–Crippen MR) is 112 cm³/mol. The van der Waals surface area contributed by atoms with E-state index in [0.717, 1.165) is 5.69 Å². The summed E-state index contributed by atoms with van der Waals surface area (Å²) in [6.07, 6.45) is 3.56.